The van der Waals surface area contributed by atoms with Gasteiger partial charge in [-0.15, -0.1) is 0 Å². The van der Waals surface area contributed by atoms with E-state index in [1.165, 1.54) is 24.1 Å². The number of carbonyl (C=O) groups is 1. The van der Waals surface area contributed by atoms with E-state index in [2.05, 4.69) is 5.32 Å². The molecule has 1 aromatic carbocycles. The molecule has 0 spiro atoms. The lowest BCUT2D eigenvalue weighted by molar-refractivity contribution is -0.137. The Morgan fingerprint density at radius 3 is 2.71 bits per heavy atom. The number of halogens is 3. The number of anilines is 1. The van der Waals surface area contributed by atoms with Gasteiger partial charge in [-0.2, -0.15) is 13.2 Å². The first kappa shape index (κ1) is 15.6. The Bertz CT molecular complexity index is 531. The third-order valence-corrected chi connectivity index (χ3v) is 3.52. The Morgan fingerprint density at radius 1 is 1.43 bits per heavy atom. The SMILES string of the molecule is CNc1ccc(C(=O)N2CCCC(O)C2)cc1C(F)(F)F. The minimum absolute atomic E-state index is 0.0181. The quantitative estimate of drug-likeness (QED) is 0.881. The fourth-order valence-corrected chi connectivity index (χ4v) is 2.45. The van der Waals surface area contributed by atoms with Crippen molar-refractivity contribution in [3.63, 3.8) is 0 Å². The summed E-state index contributed by atoms with van der Waals surface area (Å²) in [5.74, 6) is -0.484. The molecule has 0 bridgehead atoms. The topological polar surface area (TPSA) is 52.6 Å². The molecule has 1 unspecified atom stereocenters. The molecule has 0 radical (unpaired) electrons. The number of hydrogen-bond donors (Lipinski definition) is 2. The molecule has 21 heavy (non-hydrogen) atoms. The lowest BCUT2D eigenvalue weighted by atomic mass is 10.0. The second kappa shape index (κ2) is 5.93. The number of piperidine rings is 1. The third kappa shape index (κ3) is 3.47. The summed E-state index contributed by atoms with van der Waals surface area (Å²) in [6.45, 7) is 0.610. The highest BCUT2D eigenvalue weighted by atomic mass is 19.4. The number of aliphatic hydroxyl groups is 1. The summed E-state index contributed by atoms with van der Waals surface area (Å²) in [7, 11) is 1.40. The van der Waals surface area contributed by atoms with Gasteiger partial charge in [0, 0.05) is 31.4 Å². The van der Waals surface area contributed by atoms with Crippen molar-refractivity contribution in [1.29, 1.82) is 0 Å². The van der Waals surface area contributed by atoms with Crippen molar-refractivity contribution < 1.29 is 23.1 Å². The molecule has 7 heteroatoms. The van der Waals surface area contributed by atoms with E-state index in [1.807, 2.05) is 0 Å². The first-order valence-electron chi connectivity index (χ1n) is 6.69. The maximum Gasteiger partial charge on any atom is 0.418 e. The first-order chi connectivity index (χ1) is 9.82. The molecule has 2 N–H and O–H groups in total. The molecule has 0 aliphatic carbocycles. The van der Waals surface area contributed by atoms with Crippen molar-refractivity contribution in [2.75, 3.05) is 25.5 Å². The number of likely N-dealkylation sites (tertiary alicyclic amines) is 1. The molecule has 1 heterocycles. The first-order valence-corrected chi connectivity index (χ1v) is 6.69. The molecule has 0 saturated carbocycles. The monoisotopic (exact) mass is 302 g/mol. The van der Waals surface area contributed by atoms with Crippen LogP contribution in [-0.2, 0) is 6.18 Å². The molecule has 0 aromatic heterocycles. The Balaban J connectivity index is 2.29. The molecule has 1 aliphatic heterocycles. The largest absolute Gasteiger partial charge is 0.418 e. The summed E-state index contributed by atoms with van der Waals surface area (Å²) in [5.41, 5.74) is -0.957. The van der Waals surface area contributed by atoms with Gasteiger partial charge in [0.2, 0.25) is 0 Å². The van der Waals surface area contributed by atoms with Crippen molar-refractivity contribution in [2.24, 2.45) is 0 Å². The summed E-state index contributed by atoms with van der Waals surface area (Å²) in [5, 5.41) is 12.0. The minimum Gasteiger partial charge on any atom is -0.391 e. The fourth-order valence-electron chi connectivity index (χ4n) is 2.45. The number of amides is 1. The van der Waals surface area contributed by atoms with Gasteiger partial charge >= 0.3 is 6.18 Å². The normalized spacial score (nSPS) is 19.5. The van der Waals surface area contributed by atoms with E-state index in [9.17, 15) is 23.1 Å². The van der Waals surface area contributed by atoms with Crippen LogP contribution in [0.15, 0.2) is 18.2 Å². The Hall–Kier alpha value is -1.76. The highest BCUT2D eigenvalue weighted by Crippen LogP contribution is 2.35. The molecule has 4 nitrogen and oxygen atoms in total. The molecular formula is C14H17F3N2O2. The van der Waals surface area contributed by atoms with E-state index in [-0.39, 0.29) is 17.8 Å². The van der Waals surface area contributed by atoms with E-state index in [0.717, 1.165) is 6.07 Å². The lowest BCUT2D eigenvalue weighted by Crippen LogP contribution is -2.42. The van der Waals surface area contributed by atoms with Gasteiger partial charge in [-0.25, -0.2) is 0 Å². The van der Waals surface area contributed by atoms with Crippen LogP contribution in [0.2, 0.25) is 0 Å². The zero-order valence-corrected chi connectivity index (χ0v) is 11.6. The second-order valence-corrected chi connectivity index (χ2v) is 5.06. The zero-order valence-electron chi connectivity index (χ0n) is 11.6. The number of nitrogens with one attached hydrogen (secondary N) is 1. The van der Waals surface area contributed by atoms with Crippen LogP contribution >= 0.6 is 0 Å². The fraction of sp³-hybridized carbons (Fsp3) is 0.500. The molecule has 116 valence electrons. The Labute approximate surface area is 120 Å². The van der Waals surface area contributed by atoms with E-state index in [4.69, 9.17) is 0 Å². The van der Waals surface area contributed by atoms with Crippen molar-refractivity contribution in [3.8, 4) is 0 Å². The van der Waals surface area contributed by atoms with Crippen molar-refractivity contribution >= 4 is 11.6 Å². The number of aliphatic hydroxyl groups excluding tert-OH is 1. The van der Waals surface area contributed by atoms with Gasteiger partial charge in [0.05, 0.1) is 11.7 Å². The van der Waals surface area contributed by atoms with Crippen LogP contribution in [0.25, 0.3) is 0 Å². The minimum atomic E-state index is -4.53. The number of rotatable bonds is 2. The number of benzene rings is 1. The van der Waals surface area contributed by atoms with Gasteiger partial charge in [-0.1, -0.05) is 0 Å². The van der Waals surface area contributed by atoms with E-state index < -0.39 is 23.8 Å². The van der Waals surface area contributed by atoms with Crippen LogP contribution in [0.1, 0.15) is 28.8 Å². The molecule has 1 aromatic rings. The van der Waals surface area contributed by atoms with Crippen LogP contribution < -0.4 is 5.32 Å². The molecule has 1 amide bonds. The predicted molar refractivity (Wildman–Crippen MR) is 72.1 cm³/mol. The van der Waals surface area contributed by atoms with Crippen LogP contribution in [0.3, 0.4) is 0 Å². The molecule has 1 fully saturated rings. The summed E-state index contributed by atoms with van der Waals surface area (Å²) in [4.78, 5) is 13.6. The lowest BCUT2D eigenvalue weighted by Gasteiger charge is -2.30. The van der Waals surface area contributed by atoms with Gasteiger partial charge < -0.3 is 15.3 Å². The maximum absolute atomic E-state index is 13.0. The number of alkyl halides is 3. The van der Waals surface area contributed by atoms with Crippen molar-refractivity contribution in [3.05, 3.63) is 29.3 Å². The Kier molecular flexibility index (Phi) is 4.41. The number of nitrogens with zero attached hydrogens (tertiary/aromatic N) is 1. The van der Waals surface area contributed by atoms with Gasteiger partial charge in [-0.3, -0.25) is 4.79 Å². The van der Waals surface area contributed by atoms with Crippen LogP contribution in [0.4, 0.5) is 18.9 Å². The molecule has 1 saturated heterocycles. The summed E-state index contributed by atoms with van der Waals surface area (Å²) in [6.07, 6.45) is -3.89. The second-order valence-electron chi connectivity index (χ2n) is 5.06. The predicted octanol–water partition coefficient (Wildman–Crippen LogP) is 2.34. The average molecular weight is 302 g/mol. The maximum atomic E-state index is 13.0. The molecule has 1 aliphatic rings. The number of hydrogen-bond acceptors (Lipinski definition) is 3. The van der Waals surface area contributed by atoms with Crippen molar-refractivity contribution in [2.45, 2.75) is 25.1 Å². The van der Waals surface area contributed by atoms with Gasteiger partial charge in [-0.05, 0) is 31.0 Å². The highest BCUT2D eigenvalue weighted by molar-refractivity contribution is 5.95. The van der Waals surface area contributed by atoms with Gasteiger partial charge in [0.25, 0.3) is 5.91 Å². The molecule has 1 atom stereocenters. The van der Waals surface area contributed by atoms with Crippen molar-refractivity contribution in [1.82, 2.24) is 4.90 Å². The summed E-state index contributed by atoms with van der Waals surface area (Å²) >= 11 is 0. The van der Waals surface area contributed by atoms with Gasteiger partial charge in [0.1, 0.15) is 0 Å². The summed E-state index contributed by atoms with van der Waals surface area (Å²) < 4.78 is 38.9. The van der Waals surface area contributed by atoms with Crippen LogP contribution in [0, 0.1) is 0 Å². The third-order valence-electron chi connectivity index (χ3n) is 3.52. The number of β-amino-alcohol motifs (C(OH)–C–C–N with tert-alkyl or cyclic N) is 1. The van der Waals surface area contributed by atoms with E-state index >= 15 is 0 Å². The number of carbonyl (C=O) groups excluding carboxylic acids is 1. The zero-order chi connectivity index (χ0) is 15.6. The molecule has 2 rings (SSSR count). The van der Waals surface area contributed by atoms with E-state index in [0.29, 0.717) is 19.4 Å². The van der Waals surface area contributed by atoms with Gasteiger partial charge in [0.15, 0.2) is 0 Å². The smallest absolute Gasteiger partial charge is 0.391 e. The highest BCUT2D eigenvalue weighted by Gasteiger charge is 2.34. The molecular weight excluding hydrogens is 285 g/mol. The van der Waals surface area contributed by atoms with Crippen LogP contribution in [-0.4, -0.2) is 42.2 Å². The standard InChI is InChI=1S/C14H17F3N2O2/c1-18-12-5-4-9(7-11(12)14(15,16)17)13(21)19-6-2-3-10(20)8-19/h4-5,7,10,18,20H,2-3,6,8H2,1H3. The average Bonchev–Trinajstić information content (AvgIpc) is 2.45. The van der Waals surface area contributed by atoms with Crippen LogP contribution in [0.5, 0.6) is 0 Å². The van der Waals surface area contributed by atoms with E-state index in [1.54, 1.807) is 0 Å². The Morgan fingerprint density at radius 2 is 2.14 bits per heavy atom. The summed E-state index contributed by atoms with van der Waals surface area (Å²) in [6, 6.07) is 3.47.